The lowest BCUT2D eigenvalue weighted by Crippen LogP contribution is -2.14. The second-order valence-corrected chi connectivity index (χ2v) is 7.76. The second kappa shape index (κ2) is 4.79. The first-order chi connectivity index (χ1) is 7.58. The zero-order valence-electron chi connectivity index (χ0n) is 9.93. The topological polar surface area (TPSA) is 103 Å². The smallest absolute Gasteiger partial charge is 0.267 e. The van der Waals surface area contributed by atoms with Crippen LogP contribution >= 0.6 is 11.3 Å². The molecule has 17 heavy (non-hydrogen) atoms. The van der Waals surface area contributed by atoms with Crippen molar-refractivity contribution in [3.8, 4) is 0 Å². The predicted octanol–water partition coefficient (Wildman–Crippen LogP) is 0.733. The van der Waals surface area contributed by atoms with E-state index in [-0.39, 0.29) is 22.0 Å². The molecule has 0 unspecified atom stereocenters. The summed E-state index contributed by atoms with van der Waals surface area (Å²) in [6.45, 7) is 5.88. The van der Waals surface area contributed by atoms with Gasteiger partial charge in [-0.05, 0) is 5.41 Å². The molecule has 0 atom stereocenters. The van der Waals surface area contributed by atoms with Crippen LogP contribution in [-0.2, 0) is 21.2 Å². The number of Topliss-reactive ketones (excluding diaryl/α,β-unsaturated/α-hetero) is 1. The van der Waals surface area contributed by atoms with Crippen molar-refractivity contribution >= 4 is 27.1 Å². The second-order valence-electron chi connectivity index (χ2n) is 4.96. The molecule has 0 spiro atoms. The van der Waals surface area contributed by atoms with Crippen molar-refractivity contribution in [1.82, 2.24) is 10.2 Å². The number of nitrogens with two attached hydrogens (primary N) is 1. The summed E-state index contributed by atoms with van der Waals surface area (Å²) in [5.74, 6) is 0.00891. The standard InChI is InChI=1S/C9H15N3O3S2/c1-9(2,3)5-6(13)4-7-11-12-8(16-7)17(10,14)15/h4-5H2,1-3H3,(H2,10,14,15). The molecule has 0 fully saturated rings. The molecule has 0 aliphatic carbocycles. The van der Waals surface area contributed by atoms with Crippen LogP contribution in [0.3, 0.4) is 0 Å². The Bertz CT molecular complexity index is 514. The highest BCUT2D eigenvalue weighted by Gasteiger charge is 2.20. The molecule has 8 heteroatoms. The molecular formula is C9H15N3O3S2. The fraction of sp³-hybridized carbons (Fsp3) is 0.667. The Kier molecular flexibility index (Phi) is 4.00. The molecule has 1 aromatic rings. The SMILES string of the molecule is CC(C)(C)CC(=O)Cc1nnc(S(N)(=O)=O)s1. The first kappa shape index (κ1) is 14.2. The summed E-state index contributed by atoms with van der Waals surface area (Å²) < 4.78 is 21.7. The molecule has 96 valence electrons. The van der Waals surface area contributed by atoms with E-state index >= 15 is 0 Å². The number of hydrogen-bond donors (Lipinski definition) is 1. The molecule has 0 amide bonds. The average Bonchev–Trinajstić information content (AvgIpc) is 2.47. The van der Waals surface area contributed by atoms with Gasteiger partial charge in [0.05, 0.1) is 6.42 Å². The molecule has 1 aromatic heterocycles. The Labute approximate surface area is 104 Å². The maximum Gasteiger partial charge on any atom is 0.267 e. The Balaban J connectivity index is 2.71. The van der Waals surface area contributed by atoms with Gasteiger partial charge in [-0.15, -0.1) is 10.2 Å². The average molecular weight is 277 g/mol. The molecule has 6 nitrogen and oxygen atoms in total. The Morgan fingerprint density at radius 1 is 1.35 bits per heavy atom. The van der Waals surface area contributed by atoms with Crippen molar-refractivity contribution in [1.29, 1.82) is 0 Å². The van der Waals surface area contributed by atoms with Crippen LogP contribution in [0.5, 0.6) is 0 Å². The normalized spacial score (nSPS) is 12.7. The van der Waals surface area contributed by atoms with Crippen molar-refractivity contribution in [2.24, 2.45) is 10.6 Å². The van der Waals surface area contributed by atoms with Gasteiger partial charge in [0.2, 0.25) is 4.34 Å². The van der Waals surface area contributed by atoms with Gasteiger partial charge in [-0.25, -0.2) is 13.6 Å². The fourth-order valence-electron chi connectivity index (χ4n) is 1.25. The van der Waals surface area contributed by atoms with Gasteiger partial charge in [0.15, 0.2) is 0 Å². The van der Waals surface area contributed by atoms with E-state index in [1.807, 2.05) is 20.8 Å². The summed E-state index contributed by atoms with van der Waals surface area (Å²) >= 11 is 0.838. The third-order valence-corrected chi connectivity index (χ3v) is 4.00. The summed E-state index contributed by atoms with van der Waals surface area (Å²) in [7, 11) is -3.82. The number of primary sulfonamides is 1. The number of nitrogens with zero attached hydrogens (tertiary/aromatic N) is 2. The minimum atomic E-state index is -3.82. The van der Waals surface area contributed by atoms with E-state index in [1.54, 1.807) is 0 Å². The van der Waals surface area contributed by atoms with Crippen molar-refractivity contribution in [2.45, 2.75) is 38.0 Å². The van der Waals surface area contributed by atoms with Gasteiger partial charge in [-0.3, -0.25) is 4.79 Å². The van der Waals surface area contributed by atoms with E-state index in [0.29, 0.717) is 11.4 Å². The minimum absolute atomic E-state index is 0.00891. The van der Waals surface area contributed by atoms with E-state index in [0.717, 1.165) is 11.3 Å². The van der Waals surface area contributed by atoms with Crippen LogP contribution in [0, 0.1) is 5.41 Å². The molecule has 2 N–H and O–H groups in total. The summed E-state index contributed by atoms with van der Waals surface area (Å²) in [6, 6.07) is 0. The first-order valence-corrected chi connectivity index (χ1v) is 7.31. The summed E-state index contributed by atoms with van der Waals surface area (Å²) in [5, 5.41) is 12.4. The van der Waals surface area contributed by atoms with Crippen LogP contribution in [-0.4, -0.2) is 24.4 Å². The van der Waals surface area contributed by atoms with Gasteiger partial charge in [-0.1, -0.05) is 32.1 Å². The Morgan fingerprint density at radius 3 is 2.35 bits per heavy atom. The lowest BCUT2D eigenvalue weighted by molar-refractivity contribution is -0.120. The van der Waals surface area contributed by atoms with Crippen LogP contribution in [0.15, 0.2) is 4.34 Å². The number of carbonyl (C=O) groups is 1. The summed E-state index contributed by atoms with van der Waals surface area (Å²) in [4.78, 5) is 11.6. The summed E-state index contributed by atoms with van der Waals surface area (Å²) in [5.41, 5.74) is -0.0927. The zero-order chi connectivity index (χ0) is 13.3. The third-order valence-electron chi connectivity index (χ3n) is 1.77. The van der Waals surface area contributed by atoms with Gasteiger partial charge in [0.1, 0.15) is 10.8 Å². The van der Waals surface area contributed by atoms with Crippen LogP contribution in [0.1, 0.15) is 32.2 Å². The van der Waals surface area contributed by atoms with Crippen molar-refractivity contribution in [3.05, 3.63) is 5.01 Å². The molecule has 0 bridgehead atoms. The van der Waals surface area contributed by atoms with Gasteiger partial charge < -0.3 is 0 Å². The number of sulfonamides is 1. The highest BCUT2D eigenvalue weighted by atomic mass is 32.2. The number of ketones is 1. The Hall–Kier alpha value is -0.860. The zero-order valence-corrected chi connectivity index (χ0v) is 11.6. The number of hydrogen-bond acceptors (Lipinski definition) is 6. The van der Waals surface area contributed by atoms with Crippen molar-refractivity contribution in [2.75, 3.05) is 0 Å². The lowest BCUT2D eigenvalue weighted by Gasteiger charge is -2.15. The molecule has 1 heterocycles. The Morgan fingerprint density at radius 2 is 1.94 bits per heavy atom. The van der Waals surface area contributed by atoms with Gasteiger partial charge in [0.25, 0.3) is 10.0 Å². The number of carbonyl (C=O) groups excluding carboxylic acids is 1. The van der Waals surface area contributed by atoms with E-state index in [2.05, 4.69) is 10.2 Å². The molecule has 1 rings (SSSR count). The highest BCUT2D eigenvalue weighted by molar-refractivity contribution is 7.91. The monoisotopic (exact) mass is 277 g/mol. The third kappa shape index (κ3) is 4.88. The maximum absolute atomic E-state index is 11.6. The van der Waals surface area contributed by atoms with Crippen LogP contribution in [0.2, 0.25) is 0 Å². The van der Waals surface area contributed by atoms with E-state index < -0.39 is 10.0 Å². The van der Waals surface area contributed by atoms with E-state index in [9.17, 15) is 13.2 Å². The fourth-order valence-corrected chi connectivity index (χ4v) is 2.75. The maximum atomic E-state index is 11.6. The first-order valence-electron chi connectivity index (χ1n) is 4.95. The van der Waals surface area contributed by atoms with E-state index in [1.165, 1.54) is 0 Å². The molecule has 0 radical (unpaired) electrons. The number of aromatic nitrogens is 2. The van der Waals surface area contributed by atoms with Gasteiger partial charge >= 0.3 is 0 Å². The molecule has 0 aromatic carbocycles. The molecular weight excluding hydrogens is 262 g/mol. The van der Waals surface area contributed by atoms with Crippen LogP contribution < -0.4 is 5.14 Å². The number of rotatable bonds is 4. The molecule has 0 aliphatic heterocycles. The molecule has 0 saturated heterocycles. The van der Waals surface area contributed by atoms with Gasteiger partial charge in [0, 0.05) is 6.42 Å². The molecule has 0 aliphatic rings. The van der Waals surface area contributed by atoms with Crippen molar-refractivity contribution in [3.63, 3.8) is 0 Å². The minimum Gasteiger partial charge on any atom is -0.299 e. The quantitative estimate of drug-likeness (QED) is 0.874. The van der Waals surface area contributed by atoms with Crippen LogP contribution in [0.25, 0.3) is 0 Å². The molecule has 0 saturated carbocycles. The summed E-state index contributed by atoms with van der Waals surface area (Å²) in [6.07, 6.45) is 0.516. The van der Waals surface area contributed by atoms with E-state index in [4.69, 9.17) is 5.14 Å². The predicted molar refractivity (Wildman–Crippen MR) is 64.1 cm³/mol. The van der Waals surface area contributed by atoms with Gasteiger partial charge in [-0.2, -0.15) is 0 Å². The lowest BCUT2D eigenvalue weighted by atomic mass is 9.89. The highest BCUT2D eigenvalue weighted by Crippen LogP contribution is 2.21. The van der Waals surface area contributed by atoms with Crippen LogP contribution in [0.4, 0.5) is 0 Å². The largest absolute Gasteiger partial charge is 0.299 e. The van der Waals surface area contributed by atoms with Crippen molar-refractivity contribution < 1.29 is 13.2 Å².